The fourth-order valence-electron chi connectivity index (χ4n) is 3.53. The molecule has 0 spiro atoms. The number of unbranched alkanes of at least 4 members (excludes halogenated alkanes) is 1. The van der Waals surface area contributed by atoms with Crippen molar-refractivity contribution >= 4 is 105 Å². The molecule has 1 fully saturated rings. The van der Waals surface area contributed by atoms with Gasteiger partial charge in [-0.1, -0.05) is 46.4 Å². The van der Waals surface area contributed by atoms with Crippen LogP contribution in [0.2, 0.25) is 0 Å². The summed E-state index contributed by atoms with van der Waals surface area (Å²) in [6.45, 7) is 0.446. The highest BCUT2D eigenvalue weighted by Gasteiger charge is 2.85. The number of halogens is 6. The molecule has 2 rings (SSSR count). The molecule has 0 amide bonds. The van der Waals surface area contributed by atoms with E-state index in [2.05, 4.69) is 4.74 Å². The average Bonchev–Trinajstić information content (AvgIpc) is 3.20. The average molecular weight is 819 g/mol. The van der Waals surface area contributed by atoms with Crippen LogP contribution >= 0.6 is 69.6 Å². The molecule has 1 saturated carbocycles. The second-order valence-corrected chi connectivity index (χ2v) is 12.0. The maximum absolute atomic E-state index is 11.3. The lowest BCUT2D eigenvalue weighted by Gasteiger charge is -2.31. The van der Waals surface area contributed by atoms with Crippen LogP contribution in [0.1, 0.15) is 25.7 Å². The van der Waals surface area contributed by atoms with Gasteiger partial charge in [0.25, 0.3) is 0 Å². The molecule has 2 aliphatic rings. The first-order valence-electron chi connectivity index (χ1n) is 12.9. The Kier molecular flexibility index (Phi) is 26.0. The number of aliphatic hydroxyl groups excluding tert-OH is 4. The maximum atomic E-state index is 11.3. The van der Waals surface area contributed by atoms with E-state index in [0.29, 0.717) is 38.2 Å². The van der Waals surface area contributed by atoms with Crippen molar-refractivity contribution in [2.45, 2.75) is 39.8 Å². The number of rotatable bonds is 14. The number of aliphatic carboxylic acids is 6. The van der Waals surface area contributed by atoms with Crippen LogP contribution in [0, 0.1) is 11.8 Å². The normalized spacial score (nSPS) is 22.8. The lowest BCUT2D eigenvalue weighted by atomic mass is 9.82. The van der Waals surface area contributed by atoms with Gasteiger partial charge in [0.1, 0.15) is 9.75 Å². The van der Waals surface area contributed by atoms with Gasteiger partial charge in [0, 0.05) is 25.0 Å². The molecule has 4 unspecified atom stereocenters. The minimum Gasteiger partial charge on any atom is -0.481 e. The first-order chi connectivity index (χ1) is 22.0. The second-order valence-electron chi connectivity index (χ2n) is 8.77. The Labute approximate surface area is 302 Å². The Balaban J connectivity index is -0.000000592. The van der Waals surface area contributed by atoms with Gasteiger partial charge in [-0.15, -0.1) is 23.2 Å². The lowest BCUT2D eigenvalue weighted by molar-refractivity contribution is -0.153. The summed E-state index contributed by atoms with van der Waals surface area (Å²) < 4.78 is 2.45. The number of carbonyl (C=O) groups is 6. The molecule has 17 nitrogen and oxygen atoms in total. The third-order valence-electron chi connectivity index (χ3n) is 5.44. The fraction of sp³-hybridized carbons (Fsp3) is 0.600. The molecule has 0 aliphatic heterocycles. The van der Waals surface area contributed by atoms with Gasteiger partial charge in [0.2, 0.25) is 0 Å². The Morgan fingerprint density at radius 3 is 1.06 bits per heavy atom. The van der Waals surface area contributed by atoms with E-state index >= 15 is 0 Å². The molecule has 0 aromatic heterocycles. The molecule has 10 N–H and O–H groups in total. The van der Waals surface area contributed by atoms with E-state index in [1.165, 1.54) is 0 Å². The van der Waals surface area contributed by atoms with E-state index in [1.54, 1.807) is 0 Å². The van der Waals surface area contributed by atoms with Gasteiger partial charge >= 0.3 is 35.8 Å². The quantitative estimate of drug-likeness (QED) is 0.0676. The van der Waals surface area contributed by atoms with E-state index in [9.17, 15) is 39.0 Å². The molecule has 0 heterocycles. The van der Waals surface area contributed by atoms with Crippen molar-refractivity contribution in [1.29, 1.82) is 0 Å². The van der Waals surface area contributed by atoms with E-state index in [4.69, 9.17) is 110 Å². The summed E-state index contributed by atoms with van der Waals surface area (Å²) >= 11 is 36.2. The summed E-state index contributed by atoms with van der Waals surface area (Å²) in [5.74, 6) is -10.7. The smallest absolute Gasteiger partial charge is 0.328 e. The van der Waals surface area contributed by atoms with Gasteiger partial charge in [0.15, 0.2) is 4.33 Å². The zero-order chi connectivity index (χ0) is 38.5. The number of carboxylic acid groups (broad SMARTS) is 6. The molecule has 2 bridgehead atoms. The third kappa shape index (κ3) is 15.2. The Hall–Kier alpha value is -2.16. The Morgan fingerprint density at radius 1 is 0.583 bits per heavy atom. The maximum Gasteiger partial charge on any atom is 0.328 e. The standard InChI is InChI=1S/C9H4Cl6O4.C6H10O4.C4H4O4.C4H10O3.C2H6O2/c10-3-4(11)8(13)2(6(18)19)1(5(16)17)7(3,12)9(8,14)15;7-5(8)3-1-2-4-6(9)10;5-3(6)1-2-4(7)8;5-1-3-7-4-2-6;3-1-2-4/h1-2H,(H,16,17)(H,18,19);1-4H2,(H,7,8)(H,9,10);1-2H,(H,5,6)(H,7,8);5-6H,1-4H2;3-4H,1-2H2/b;;2-1+;;. The third-order valence-corrected chi connectivity index (χ3v) is 9.70. The van der Waals surface area contributed by atoms with Crippen LogP contribution in [0.15, 0.2) is 22.2 Å². The van der Waals surface area contributed by atoms with Gasteiger partial charge in [-0.2, -0.15) is 0 Å². The van der Waals surface area contributed by atoms with Crippen molar-refractivity contribution in [3.05, 3.63) is 22.2 Å². The molecule has 48 heavy (non-hydrogen) atoms. The molecule has 23 heteroatoms. The van der Waals surface area contributed by atoms with Crippen LogP contribution in [0.4, 0.5) is 0 Å². The van der Waals surface area contributed by atoms with Crippen LogP contribution < -0.4 is 0 Å². The van der Waals surface area contributed by atoms with E-state index < -0.39 is 61.7 Å². The number of fused-ring (bicyclic) bond motifs is 2. The number of aliphatic hydroxyl groups is 4. The summed E-state index contributed by atoms with van der Waals surface area (Å²) in [6, 6.07) is 0. The SMILES string of the molecule is O=C(O)/C=C/C(=O)O.O=C(O)C1C(C(=O)O)C2(Cl)C(Cl)=C(Cl)C1(Cl)C2(Cl)Cl.O=C(O)CCCCC(=O)O.OCCO.OCCOCCO. The van der Waals surface area contributed by atoms with Crippen LogP contribution in [0.25, 0.3) is 0 Å². The highest BCUT2D eigenvalue weighted by Crippen LogP contribution is 2.76. The predicted molar refractivity (Wildman–Crippen MR) is 170 cm³/mol. The van der Waals surface area contributed by atoms with Crippen molar-refractivity contribution in [2.24, 2.45) is 11.8 Å². The summed E-state index contributed by atoms with van der Waals surface area (Å²) in [7, 11) is 0. The van der Waals surface area contributed by atoms with Gasteiger partial charge in [-0.05, 0) is 12.8 Å². The van der Waals surface area contributed by atoms with Crippen molar-refractivity contribution in [3.63, 3.8) is 0 Å². The molecule has 0 aromatic carbocycles. The van der Waals surface area contributed by atoms with Gasteiger partial charge in [0.05, 0.1) is 61.5 Å². The van der Waals surface area contributed by atoms with Crippen LogP contribution in [-0.2, 0) is 33.5 Å². The predicted octanol–water partition coefficient (Wildman–Crippen LogP) is 1.62. The monoisotopic (exact) mass is 816 g/mol. The molecule has 4 atom stereocenters. The number of hydrogen-bond acceptors (Lipinski definition) is 11. The summed E-state index contributed by atoms with van der Waals surface area (Å²) in [4.78, 5) is 57.4. The molecular weight excluding hydrogens is 785 g/mol. The fourth-order valence-corrected chi connectivity index (χ4v) is 6.46. The highest BCUT2D eigenvalue weighted by atomic mass is 35.5. The zero-order valence-electron chi connectivity index (χ0n) is 24.5. The first-order valence-corrected chi connectivity index (χ1v) is 15.2. The van der Waals surface area contributed by atoms with E-state index in [1.807, 2.05) is 0 Å². The molecule has 2 aliphatic carbocycles. The minimum atomic E-state index is -2.18. The second kappa shape index (κ2) is 24.9. The Bertz CT molecular complexity index is 1070. The number of allylic oxidation sites excluding steroid dienone is 2. The molecule has 278 valence electrons. The minimum absolute atomic E-state index is 0.0278. The van der Waals surface area contributed by atoms with Gasteiger partial charge in [-0.3, -0.25) is 19.2 Å². The summed E-state index contributed by atoms with van der Waals surface area (Å²) in [6.07, 6.45) is 2.13. The molecular formula is C25H34Cl6O17. The molecule has 0 saturated heterocycles. The Morgan fingerprint density at radius 2 is 0.875 bits per heavy atom. The van der Waals surface area contributed by atoms with E-state index in [0.717, 1.165) is 0 Å². The van der Waals surface area contributed by atoms with Crippen molar-refractivity contribution in [1.82, 2.24) is 0 Å². The number of hydrogen-bond donors (Lipinski definition) is 10. The van der Waals surface area contributed by atoms with Crippen LogP contribution in [0.3, 0.4) is 0 Å². The number of ether oxygens (including phenoxy) is 1. The number of alkyl halides is 4. The van der Waals surface area contributed by atoms with Crippen molar-refractivity contribution in [3.8, 4) is 0 Å². The lowest BCUT2D eigenvalue weighted by Crippen LogP contribution is -2.45. The van der Waals surface area contributed by atoms with E-state index in [-0.39, 0.29) is 49.3 Å². The molecule has 0 aromatic rings. The van der Waals surface area contributed by atoms with Crippen molar-refractivity contribution in [2.75, 3.05) is 39.6 Å². The van der Waals surface area contributed by atoms with Crippen LogP contribution in [-0.4, -0.2) is 141 Å². The number of carboxylic acids is 6. The van der Waals surface area contributed by atoms with Crippen LogP contribution in [0.5, 0.6) is 0 Å². The highest BCUT2D eigenvalue weighted by molar-refractivity contribution is 6.66. The van der Waals surface area contributed by atoms with Crippen molar-refractivity contribution < 1.29 is 84.6 Å². The van der Waals surface area contributed by atoms with Gasteiger partial charge in [-0.25, -0.2) is 9.59 Å². The summed E-state index contributed by atoms with van der Waals surface area (Å²) in [5.41, 5.74) is 0. The van der Waals surface area contributed by atoms with Gasteiger partial charge < -0.3 is 55.8 Å². The topological polar surface area (TPSA) is 314 Å². The first kappa shape index (κ1) is 50.2. The zero-order valence-corrected chi connectivity index (χ0v) is 29.0. The largest absolute Gasteiger partial charge is 0.481 e. The summed E-state index contributed by atoms with van der Waals surface area (Å²) in [5, 5.41) is 81.1. The molecule has 0 radical (unpaired) electrons.